The van der Waals surface area contributed by atoms with E-state index in [9.17, 15) is 19.3 Å². The van der Waals surface area contributed by atoms with Gasteiger partial charge in [-0.2, -0.15) is 0 Å². The molecular formula is C17H11FN2O4. The minimum atomic E-state index is -0.814. The molecule has 0 aliphatic heterocycles. The van der Waals surface area contributed by atoms with Crippen LogP contribution in [0.2, 0.25) is 0 Å². The second-order valence-corrected chi connectivity index (χ2v) is 5.09. The molecule has 2 aromatic carbocycles. The zero-order chi connectivity index (χ0) is 17.3. The normalized spacial score (nSPS) is 10.6. The second kappa shape index (κ2) is 6.04. The molecule has 3 rings (SSSR count). The van der Waals surface area contributed by atoms with E-state index in [0.717, 1.165) is 18.2 Å². The highest BCUT2D eigenvalue weighted by atomic mass is 19.1. The molecule has 0 amide bonds. The van der Waals surface area contributed by atoms with Crippen molar-refractivity contribution in [2.24, 2.45) is 0 Å². The summed E-state index contributed by atoms with van der Waals surface area (Å²) in [7, 11) is 0. The third kappa shape index (κ3) is 2.91. The van der Waals surface area contributed by atoms with Gasteiger partial charge in [0.2, 0.25) is 5.75 Å². The van der Waals surface area contributed by atoms with E-state index in [0.29, 0.717) is 16.6 Å². The molecule has 3 aromatic rings. The fraction of sp³-hybridized carbons (Fsp3) is 0.0588. The van der Waals surface area contributed by atoms with E-state index in [1.807, 2.05) is 0 Å². The van der Waals surface area contributed by atoms with Gasteiger partial charge in [0, 0.05) is 23.2 Å². The number of esters is 1. The molecule has 1 heterocycles. The zero-order valence-electron chi connectivity index (χ0n) is 12.5. The van der Waals surface area contributed by atoms with Gasteiger partial charge in [0.05, 0.1) is 16.0 Å². The number of aromatic nitrogens is 1. The minimum Gasteiger partial charge on any atom is -0.415 e. The molecule has 0 bridgehead atoms. The third-order valence-corrected chi connectivity index (χ3v) is 3.39. The molecule has 0 saturated carbocycles. The molecule has 0 spiro atoms. The van der Waals surface area contributed by atoms with Crippen LogP contribution >= 0.6 is 0 Å². The van der Waals surface area contributed by atoms with Crippen molar-refractivity contribution in [3.63, 3.8) is 0 Å². The van der Waals surface area contributed by atoms with Crippen molar-refractivity contribution < 1.29 is 18.8 Å². The SMILES string of the molecule is Cc1cc(C(=O)Oc2cc(F)ccc2[N+](=O)[O-])c2ccccc2n1. The Balaban J connectivity index is 2.06. The minimum absolute atomic E-state index is 0.205. The summed E-state index contributed by atoms with van der Waals surface area (Å²) >= 11 is 0. The summed E-state index contributed by atoms with van der Waals surface area (Å²) in [6.45, 7) is 1.72. The molecule has 0 aliphatic rings. The largest absolute Gasteiger partial charge is 0.415 e. The summed E-state index contributed by atoms with van der Waals surface area (Å²) in [5.41, 5.74) is 0.907. The van der Waals surface area contributed by atoms with Crippen LogP contribution in [0.25, 0.3) is 10.9 Å². The summed E-state index contributed by atoms with van der Waals surface area (Å²) in [5.74, 6) is -1.99. The monoisotopic (exact) mass is 326 g/mol. The van der Waals surface area contributed by atoms with E-state index in [4.69, 9.17) is 4.74 Å². The smallest absolute Gasteiger partial charge is 0.344 e. The Morgan fingerprint density at radius 3 is 2.71 bits per heavy atom. The molecule has 0 saturated heterocycles. The van der Waals surface area contributed by atoms with E-state index in [1.54, 1.807) is 31.2 Å². The molecule has 0 radical (unpaired) electrons. The fourth-order valence-electron chi connectivity index (χ4n) is 2.35. The number of carbonyl (C=O) groups is 1. The Kier molecular flexibility index (Phi) is 3.91. The van der Waals surface area contributed by atoms with Gasteiger partial charge in [0.25, 0.3) is 0 Å². The number of fused-ring (bicyclic) bond motifs is 1. The van der Waals surface area contributed by atoms with E-state index < -0.39 is 28.1 Å². The maximum Gasteiger partial charge on any atom is 0.344 e. The quantitative estimate of drug-likeness (QED) is 0.316. The molecule has 24 heavy (non-hydrogen) atoms. The van der Waals surface area contributed by atoms with Gasteiger partial charge in [-0.05, 0) is 25.1 Å². The van der Waals surface area contributed by atoms with Crippen LogP contribution in [0.5, 0.6) is 5.75 Å². The van der Waals surface area contributed by atoms with Gasteiger partial charge in [-0.25, -0.2) is 9.18 Å². The van der Waals surface area contributed by atoms with Crippen molar-refractivity contribution in [2.75, 3.05) is 0 Å². The fourth-order valence-corrected chi connectivity index (χ4v) is 2.35. The third-order valence-electron chi connectivity index (χ3n) is 3.39. The number of hydrogen-bond donors (Lipinski definition) is 0. The van der Waals surface area contributed by atoms with Gasteiger partial charge in [-0.3, -0.25) is 15.1 Å². The van der Waals surface area contributed by atoms with Crippen LogP contribution in [0.3, 0.4) is 0 Å². The van der Waals surface area contributed by atoms with Crippen LogP contribution in [0.15, 0.2) is 48.5 Å². The van der Waals surface area contributed by atoms with Crippen LogP contribution in [0, 0.1) is 22.9 Å². The highest BCUT2D eigenvalue weighted by molar-refractivity contribution is 6.04. The predicted molar refractivity (Wildman–Crippen MR) is 84.5 cm³/mol. The number of aryl methyl sites for hydroxylation is 1. The Morgan fingerprint density at radius 2 is 1.96 bits per heavy atom. The van der Waals surface area contributed by atoms with Crippen molar-refractivity contribution in [1.29, 1.82) is 0 Å². The van der Waals surface area contributed by atoms with Crippen molar-refractivity contribution in [3.05, 3.63) is 75.7 Å². The van der Waals surface area contributed by atoms with Crippen LogP contribution in [0.1, 0.15) is 16.1 Å². The van der Waals surface area contributed by atoms with E-state index in [-0.39, 0.29) is 5.56 Å². The summed E-state index contributed by atoms with van der Waals surface area (Å²) in [6.07, 6.45) is 0. The Morgan fingerprint density at radius 1 is 1.21 bits per heavy atom. The number of ether oxygens (including phenoxy) is 1. The lowest BCUT2D eigenvalue weighted by atomic mass is 10.1. The second-order valence-electron chi connectivity index (χ2n) is 5.09. The highest BCUT2D eigenvalue weighted by Crippen LogP contribution is 2.29. The lowest BCUT2D eigenvalue weighted by molar-refractivity contribution is -0.385. The maximum absolute atomic E-state index is 13.4. The van der Waals surface area contributed by atoms with Gasteiger partial charge in [0.15, 0.2) is 0 Å². The number of carbonyl (C=O) groups excluding carboxylic acids is 1. The van der Waals surface area contributed by atoms with Crippen LogP contribution < -0.4 is 4.74 Å². The average Bonchev–Trinajstić information content (AvgIpc) is 2.53. The molecule has 0 fully saturated rings. The summed E-state index contributed by atoms with van der Waals surface area (Å²) in [5, 5.41) is 11.5. The van der Waals surface area contributed by atoms with E-state index >= 15 is 0 Å². The van der Waals surface area contributed by atoms with E-state index in [1.165, 1.54) is 6.07 Å². The number of nitro groups is 1. The van der Waals surface area contributed by atoms with E-state index in [2.05, 4.69) is 4.98 Å². The number of benzene rings is 2. The molecule has 6 nitrogen and oxygen atoms in total. The number of nitrogens with zero attached hydrogens (tertiary/aromatic N) is 2. The Hall–Kier alpha value is -3.35. The number of nitro benzene ring substituents is 1. The number of hydrogen-bond acceptors (Lipinski definition) is 5. The predicted octanol–water partition coefficient (Wildman–Crippen LogP) is 3.81. The highest BCUT2D eigenvalue weighted by Gasteiger charge is 2.21. The summed E-state index contributed by atoms with van der Waals surface area (Å²) in [4.78, 5) is 27.0. The van der Waals surface area contributed by atoms with Crippen LogP contribution in [0.4, 0.5) is 10.1 Å². The van der Waals surface area contributed by atoms with Crippen LogP contribution in [-0.2, 0) is 0 Å². The van der Waals surface area contributed by atoms with Crippen molar-refractivity contribution in [2.45, 2.75) is 6.92 Å². The topological polar surface area (TPSA) is 82.3 Å². The number of halogens is 1. The molecule has 1 aromatic heterocycles. The van der Waals surface area contributed by atoms with Gasteiger partial charge in [0.1, 0.15) is 5.82 Å². The molecule has 120 valence electrons. The van der Waals surface area contributed by atoms with Gasteiger partial charge >= 0.3 is 11.7 Å². The van der Waals surface area contributed by atoms with Gasteiger partial charge < -0.3 is 4.74 Å². The first-order chi connectivity index (χ1) is 11.5. The zero-order valence-corrected chi connectivity index (χ0v) is 12.5. The number of rotatable bonds is 3. The average molecular weight is 326 g/mol. The lowest BCUT2D eigenvalue weighted by Gasteiger charge is -2.08. The first-order valence-corrected chi connectivity index (χ1v) is 6.98. The summed E-state index contributed by atoms with van der Waals surface area (Å²) < 4.78 is 18.4. The van der Waals surface area contributed by atoms with Crippen molar-refractivity contribution in [1.82, 2.24) is 4.98 Å². The first-order valence-electron chi connectivity index (χ1n) is 6.98. The molecule has 0 aliphatic carbocycles. The van der Waals surface area contributed by atoms with Gasteiger partial charge in [-0.15, -0.1) is 0 Å². The van der Waals surface area contributed by atoms with Gasteiger partial charge in [-0.1, -0.05) is 18.2 Å². The maximum atomic E-state index is 13.4. The molecule has 0 unspecified atom stereocenters. The Bertz CT molecular complexity index is 972. The molecule has 0 atom stereocenters. The van der Waals surface area contributed by atoms with Crippen molar-refractivity contribution in [3.8, 4) is 5.75 Å². The van der Waals surface area contributed by atoms with Crippen LogP contribution in [-0.4, -0.2) is 15.9 Å². The standard InChI is InChI=1S/C17H11FN2O4/c1-10-8-13(12-4-2-3-5-14(12)19-10)17(21)24-16-9-11(18)6-7-15(16)20(22)23/h2-9H,1H3. The molecular weight excluding hydrogens is 315 g/mol. The number of pyridine rings is 1. The summed E-state index contributed by atoms with van der Waals surface area (Å²) in [6, 6.07) is 11.2. The molecule has 0 N–H and O–H groups in total. The number of para-hydroxylation sites is 1. The Labute approximate surface area is 135 Å². The van der Waals surface area contributed by atoms with Crippen molar-refractivity contribution >= 4 is 22.6 Å². The first kappa shape index (κ1) is 15.5. The lowest BCUT2D eigenvalue weighted by Crippen LogP contribution is -2.11. The molecule has 7 heteroatoms.